The second-order valence-corrected chi connectivity index (χ2v) is 7.18. The maximum absolute atomic E-state index is 13.0. The molecule has 1 aromatic rings. The predicted octanol–water partition coefficient (Wildman–Crippen LogP) is 2.27. The van der Waals surface area contributed by atoms with Gasteiger partial charge in [-0.1, -0.05) is 11.6 Å². The average Bonchev–Trinajstić information content (AvgIpc) is 2.26. The number of nitrogens with one attached hydrogen (secondary N) is 1. The minimum atomic E-state index is -3.68. The predicted molar refractivity (Wildman–Crippen MR) is 79.5 cm³/mol. The van der Waals surface area contributed by atoms with Crippen molar-refractivity contribution in [2.45, 2.75) is 30.8 Å². The van der Waals surface area contributed by atoms with E-state index in [1.807, 2.05) is 13.8 Å². The number of benzene rings is 1. The molecule has 2 rings (SSSR count). The number of hydrogen-bond acceptors (Lipinski definition) is 3. The summed E-state index contributed by atoms with van der Waals surface area (Å²) in [6.45, 7) is 4.59. The second kappa shape index (κ2) is 6.58. The van der Waals surface area contributed by atoms with Gasteiger partial charge in [0.25, 0.3) is 0 Å². The molecule has 1 aliphatic rings. The van der Waals surface area contributed by atoms with Crippen LogP contribution in [0, 0.1) is 5.82 Å². The fourth-order valence-corrected chi connectivity index (χ4v) is 4.42. The molecular formula is C12H17Cl2FN2O2S. The van der Waals surface area contributed by atoms with Gasteiger partial charge in [-0.2, -0.15) is 4.31 Å². The van der Waals surface area contributed by atoms with Crippen LogP contribution in [0.3, 0.4) is 0 Å². The molecule has 1 fully saturated rings. The van der Waals surface area contributed by atoms with E-state index in [9.17, 15) is 12.8 Å². The van der Waals surface area contributed by atoms with E-state index in [-0.39, 0.29) is 34.4 Å². The first kappa shape index (κ1) is 17.7. The van der Waals surface area contributed by atoms with Crippen molar-refractivity contribution < 1.29 is 12.8 Å². The summed E-state index contributed by atoms with van der Waals surface area (Å²) >= 11 is 5.84. The van der Waals surface area contributed by atoms with Gasteiger partial charge in [0, 0.05) is 25.2 Å². The van der Waals surface area contributed by atoms with Crippen LogP contribution in [0.25, 0.3) is 0 Å². The Morgan fingerprint density at radius 3 is 2.35 bits per heavy atom. The molecule has 1 heterocycles. The zero-order valence-electron chi connectivity index (χ0n) is 11.1. The number of piperazine rings is 1. The van der Waals surface area contributed by atoms with Gasteiger partial charge in [-0.3, -0.25) is 0 Å². The summed E-state index contributed by atoms with van der Waals surface area (Å²) in [5.41, 5.74) is 0. The molecular weight excluding hydrogens is 326 g/mol. The highest BCUT2D eigenvalue weighted by Crippen LogP contribution is 2.26. The van der Waals surface area contributed by atoms with E-state index in [1.54, 1.807) is 0 Å². The van der Waals surface area contributed by atoms with E-state index < -0.39 is 15.8 Å². The molecule has 8 heteroatoms. The van der Waals surface area contributed by atoms with Crippen LogP contribution < -0.4 is 5.32 Å². The molecule has 2 unspecified atom stereocenters. The molecule has 1 aliphatic heterocycles. The zero-order chi connectivity index (χ0) is 14.2. The quantitative estimate of drug-likeness (QED) is 0.896. The van der Waals surface area contributed by atoms with Gasteiger partial charge < -0.3 is 5.32 Å². The molecule has 0 bridgehead atoms. The van der Waals surface area contributed by atoms with E-state index in [2.05, 4.69) is 5.32 Å². The molecule has 0 saturated carbocycles. The largest absolute Gasteiger partial charge is 0.309 e. The van der Waals surface area contributed by atoms with Gasteiger partial charge in [0.1, 0.15) is 10.7 Å². The third-order valence-corrected chi connectivity index (χ3v) is 5.35. The second-order valence-electron chi connectivity index (χ2n) is 4.87. The molecule has 0 radical (unpaired) electrons. The highest BCUT2D eigenvalue weighted by Gasteiger charge is 2.32. The van der Waals surface area contributed by atoms with Crippen molar-refractivity contribution in [1.29, 1.82) is 0 Å². The third-order valence-electron chi connectivity index (χ3n) is 3.04. The van der Waals surface area contributed by atoms with Crippen molar-refractivity contribution in [2.75, 3.05) is 13.1 Å². The van der Waals surface area contributed by atoms with Crippen LogP contribution in [0.1, 0.15) is 13.8 Å². The van der Waals surface area contributed by atoms with Gasteiger partial charge in [0.05, 0.1) is 5.02 Å². The Morgan fingerprint density at radius 2 is 1.85 bits per heavy atom. The Hall–Kier alpha value is -0.400. The minimum Gasteiger partial charge on any atom is -0.309 e. The van der Waals surface area contributed by atoms with Gasteiger partial charge in [0.2, 0.25) is 10.0 Å². The normalized spacial score (nSPS) is 24.2. The van der Waals surface area contributed by atoms with E-state index in [0.717, 1.165) is 12.1 Å². The summed E-state index contributed by atoms with van der Waals surface area (Å²) < 4.78 is 39.4. The monoisotopic (exact) mass is 342 g/mol. The van der Waals surface area contributed by atoms with E-state index >= 15 is 0 Å². The van der Waals surface area contributed by atoms with Crippen molar-refractivity contribution in [3.8, 4) is 0 Å². The Labute approximate surface area is 129 Å². The number of nitrogens with zero attached hydrogens (tertiary/aromatic N) is 1. The number of sulfonamides is 1. The summed E-state index contributed by atoms with van der Waals surface area (Å²) in [6, 6.07) is 3.47. The molecule has 0 amide bonds. The smallest absolute Gasteiger partial charge is 0.244 e. The van der Waals surface area contributed by atoms with E-state index in [0.29, 0.717) is 13.1 Å². The van der Waals surface area contributed by atoms with E-state index in [4.69, 9.17) is 11.6 Å². The number of halogens is 3. The van der Waals surface area contributed by atoms with Gasteiger partial charge in [0.15, 0.2) is 0 Å². The molecule has 0 aromatic heterocycles. The maximum Gasteiger partial charge on any atom is 0.244 e. The first-order chi connectivity index (χ1) is 8.80. The van der Waals surface area contributed by atoms with Crippen molar-refractivity contribution in [1.82, 2.24) is 9.62 Å². The fraction of sp³-hybridized carbons (Fsp3) is 0.500. The van der Waals surface area contributed by atoms with Crippen LogP contribution in [0.4, 0.5) is 4.39 Å². The lowest BCUT2D eigenvalue weighted by Crippen LogP contribution is -2.55. The molecule has 2 atom stereocenters. The minimum absolute atomic E-state index is 0. The molecule has 1 saturated heterocycles. The zero-order valence-corrected chi connectivity index (χ0v) is 13.5. The molecule has 1 aromatic carbocycles. The maximum atomic E-state index is 13.0. The summed E-state index contributed by atoms with van der Waals surface area (Å²) in [4.78, 5) is -0.0446. The number of rotatable bonds is 2. The summed E-state index contributed by atoms with van der Waals surface area (Å²) in [5, 5.41) is 3.17. The van der Waals surface area contributed by atoms with Crippen LogP contribution in [-0.2, 0) is 10.0 Å². The molecule has 20 heavy (non-hydrogen) atoms. The highest BCUT2D eigenvalue weighted by atomic mass is 35.5. The standard InChI is InChI=1S/C12H16ClFN2O2S.ClH/c1-8-6-16(7-9(2)15-8)19(17,18)12-4-3-10(14)5-11(12)13;/h3-5,8-9,15H,6-7H2,1-2H3;1H. The fourth-order valence-electron chi connectivity index (χ4n) is 2.30. The third kappa shape index (κ3) is 3.62. The molecule has 0 spiro atoms. The Balaban J connectivity index is 0.00000200. The van der Waals surface area contributed by atoms with E-state index in [1.165, 1.54) is 10.4 Å². The summed E-state index contributed by atoms with van der Waals surface area (Å²) in [6.07, 6.45) is 0. The highest BCUT2D eigenvalue weighted by molar-refractivity contribution is 7.89. The Kier molecular flexibility index (Phi) is 5.80. The van der Waals surface area contributed by atoms with Crippen LogP contribution in [0.2, 0.25) is 5.02 Å². The summed E-state index contributed by atoms with van der Waals surface area (Å²) in [7, 11) is -3.68. The molecule has 4 nitrogen and oxygen atoms in total. The van der Waals surface area contributed by atoms with Crippen LogP contribution in [0.15, 0.2) is 23.1 Å². The average molecular weight is 343 g/mol. The topological polar surface area (TPSA) is 49.4 Å². The van der Waals surface area contributed by atoms with Gasteiger partial charge in [-0.05, 0) is 32.0 Å². The summed E-state index contributed by atoms with van der Waals surface area (Å²) in [5.74, 6) is -0.550. The Morgan fingerprint density at radius 1 is 1.30 bits per heavy atom. The van der Waals surface area contributed by atoms with Crippen LogP contribution in [-0.4, -0.2) is 37.9 Å². The van der Waals surface area contributed by atoms with Gasteiger partial charge >= 0.3 is 0 Å². The van der Waals surface area contributed by atoms with Gasteiger partial charge in [-0.15, -0.1) is 12.4 Å². The number of hydrogen-bond donors (Lipinski definition) is 1. The van der Waals surface area contributed by atoms with Crippen LogP contribution in [0.5, 0.6) is 0 Å². The lowest BCUT2D eigenvalue weighted by atomic mass is 10.2. The first-order valence-corrected chi connectivity index (χ1v) is 7.84. The van der Waals surface area contributed by atoms with Crippen molar-refractivity contribution in [3.05, 3.63) is 29.0 Å². The lowest BCUT2D eigenvalue weighted by molar-refractivity contribution is 0.263. The van der Waals surface area contributed by atoms with Gasteiger partial charge in [-0.25, -0.2) is 12.8 Å². The molecule has 0 aliphatic carbocycles. The Bertz CT molecular complexity index is 573. The van der Waals surface area contributed by atoms with Crippen molar-refractivity contribution in [2.24, 2.45) is 0 Å². The lowest BCUT2D eigenvalue weighted by Gasteiger charge is -2.35. The van der Waals surface area contributed by atoms with Crippen LogP contribution >= 0.6 is 24.0 Å². The van der Waals surface area contributed by atoms with Crippen molar-refractivity contribution >= 4 is 34.0 Å². The van der Waals surface area contributed by atoms with Crippen molar-refractivity contribution in [3.63, 3.8) is 0 Å². The SMILES string of the molecule is CC1CN(S(=O)(=O)c2ccc(F)cc2Cl)CC(C)N1.Cl. The first-order valence-electron chi connectivity index (χ1n) is 6.02. The molecule has 114 valence electrons. The molecule has 1 N–H and O–H groups in total.